The quantitative estimate of drug-likeness (QED) is 0.700. The van der Waals surface area contributed by atoms with Crippen molar-refractivity contribution in [3.63, 3.8) is 0 Å². The maximum Gasteiger partial charge on any atom is 0.317 e. The SMILES string of the molecule is CS(=O)(=O)n1nc(C2CCN(CC(=O)O)CC2)c2ccc(/C=C\C3CCNCC3)cc21. The highest BCUT2D eigenvalue weighted by Crippen LogP contribution is 2.33. The van der Waals surface area contributed by atoms with Crippen molar-refractivity contribution >= 4 is 33.0 Å². The van der Waals surface area contributed by atoms with Gasteiger partial charge in [0.15, 0.2) is 0 Å². The smallest absolute Gasteiger partial charge is 0.317 e. The molecule has 0 spiro atoms. The highest BCUT2D eigenvalue weighted by molar-refractivity contribution is 7.89. The highest BCUT2D eigenvalue weighted by Gasteiger charge is 2.27. The number of hydrogen-bond donors (Lipinski definition) is 2. The Labute approximate surface area is 183 Å². The Kier molecular flexibility index (Phi) is 6.45. The summed E-state index contributed by atoms with van der Waals surface area (Å²) in [4.78, 5) is 12.9. The molecule has 0 radical (unpaired) electrons. The zero-order chi connectivity index (χ0) is 22.0. The van der Waals surface area contributed by atoms with Crippen molar-refractivity contribution in [2.75, 3.05) is 39.0 Å². The first kappa shape index (κ1) is 22.0. The second-order valence-corrected chi connectivity index (χ2v) is 10.5. The summed E-state index contributed by atoms with van der Waals surface area (Å²) in [5.41, 5.74) is 2.38. The van der Waals surface area contributed by atoms with Gasteiger partial charge in [-0.2, -0.15) is 9.19 Å². The van der Waals surface area contributed by atoms with E-state index in [2.05, 4.69) is 22.6 Å². The molecule has 31 heavy (non-hydrogen) atoms. The first-order valence-electron chi connectivity index (χ1n) is 10.9. The van der Waals surface area contributed by atoms with Crippen LogP contribution in [0.2, 0.25) is 0 Å². The Bertz CT molecular complexity index is 1080. The van der Waals surface area contributed by atoms with E-state index >= 15 is 0 Å². The van der Waals surface area contributed by atoms with Crippen LogP contribution in [0.1, 0.15) is 42.9 Å². The number of piperidine rings is 2. The lowest BCUT2D eigenvalue weighted by Crippen LogP contribution is -2.36. The van der Waals surface area contributed by atoms with Gasteiger partial charge < -0.3 is 10.4 Å². The van der Waals surface area contributed by atoms with Gasteiger partial charge >= 0.3 is 5.97 Å². The molecular weight excluding hydrogens is 416 g/mol. The van der Waals surface area contributed by atoms with E-state index in [-0.39, 0.29) is 12.5 Å². The van der Waals surface area contributed by atoms with Gasteiger partial charge in [0.05, 0.1) is 24.0 Å². The fourth-order valence-electron chi connectivity index (χ4n) is 4.63. The van der Waals surface area contributed by atoms with Crippen molar-refractivity contribution in [3.8, 4) is 0 Å². The van der Waals surface area contributed by atoms with Crippen LogP contribution in [-0.2, 0) is 14.8 Å². The number of rotatable bonds is 6. The van der Waals surface area contributed by atoms with Crippen molar-refractivity contribution < 1.29 is 18.3 Å². The van der Waals surface area contributed by atoms with Crippen LogP contribution < -0.4 is 5.32 Å². The molecule has 2 fully saturated rings. The van der Waals surface area contributed by atoms with Crippen molar-refractivity contribution in [3.05, 3.63) is 35.5 Å². The van der Waals surface area contributed by atoms with Crippen LogP contribution in [0.25, 0.3) is 17.0 Å². The summed E-state index contributed by atoms with van der Waals surface area (Å²) >= 11 is 0. The highest BCUT2D eigenvalue weighted by atomic mass is 32.2. The first-order chi connectivity index (χ1) is 14.8. The number of allylic oxidation sites excluding steroid dienone is 1. The predicted molar refractivity (Wildman–Crippen MR) is 121 cm³/mol. The summed E-state index contributed by atoms with van der Waals surface area (Å²) in [5.74, 6) is -0.162. The van der Waals surface area contributed by atoms with Gasteiger partial charge in [-0.25, -0.2) is 8.42 Å². The lowest BCUT2D eigenvalue weighted by molar-refractivity contribution is -0.138. The average molecular weight is 447 g/mol. The number of benzene rings is 1. The summed E-state index contributed by atoms with van der Waals surface area (Å²) in [7, 11) is -3.54. The first-order valence-corrected chi connectivity index (χ1v) is 12.7. The third-order valence-corrected chi connectivity index (χ3v) is 7.20. The molecule has 2 N–H and O–H groups in total. The number of aromatic nitrogens is 2. The van der Waals surface area contributed by atoms with E-state index in [9.17, 15) is 13.2 Å². The van der Waals surface area contributed by atoms with Crippen LogP contribution in [0.4, 0.5) is 0 Å². The fraction of sp³-hybridized carbons (Fsp3) is 0.545. The molecule has 0 unspecified atom stereocenters. The summed E-state index contributed by atoms with van der Waals surface area (Å²) in [6.07, 6.45) is 9.24. The summed E-state index contributed by atoms with van der Waals surface area (Å²) < 4.78 is 26.0. The minimum Gasteiger partial charge on any atom is -0.480 e. The molecule has 0 saturated carbocycles. The third-order valence-electron chi connectivity index (χ3n) is 6.29. The van der Waals surface area contributed by atoms with Crippen LogP contribution in [0, 0.1) is 5.92 Å². The second kappa shape index (κ2) is 9.10. The van der Waals surface area contributed by atoms with Gasteiger partial charge in [0, 0.05) is 11.3 Å². The van der Waals surface area contributed by atoms with Gasteiger partial charge in [-0.1, -0.05) is 24.3 Å². The number of aliphatic carboxylic acids is 1. The number of nitrogens with zero attached hydrogens (tertiary/aromatic N) is 3. The van der Waals surface area contributed by atoms with E-state index in [1.54, 1.807) is 0 Å². The van der Waals surface area contributed by atoms with Crippen LogP contribution in [0.15, 0.2) is 24.3 Å². The van der Waals surface area contributed by atoms with Crippen molar-refractivity contribution in [1.82, 2.24) is 19.4 Å². The largest absolute Gasteiger partial charge is 0.480 e. The third kappa shape index (κ3) is 5.16. The van der Waals surface area contributed by atoms with Crippen LogP contribution in [0.5, 0.6) is 0 Å². The van der Waals surface area contributed by atoms with Gasteiger partial charge in [0.1, 0.15) is 0 Å². The van der Waals surface area contributed by atoms with Crippen LogP contribution in [0.3, 0.4) is 0 Å². The maximum atomic E-state index is 12.4. The van der Waals surface area contributed by atoms with Gasteiger partial charge in [-0.05, 0) is 69.4 Å². The second-order valence-electron chi connectivity index (χ2n) is 8.66. The van der Waals surface area contributed by atoms with Crippen molar-refractivity contribution in [2.24, 2.45) is 5.92 Å². The molecule has 2 saturated heterocycles. The molecule has 1 aromatic heterocycles. The fourth-order valence-corrected chi connectivity index (χ4v) is 5.37. The number of carbonyl (C=O) groups is 1. The molecular formula is C22H30N4O4S. The molecule has 2 aliphatic heterocycles. The van der Waals surface area contributed by atoms with E-state index < -0.39 is 16.0 Å². The van der Waals surface area contributed by atoms with E-state index in [1.165, 1.54) is 6.26 Å². The molecule has 0 bridgehead atoms. The van der Waals surface area contributed by atoms with Crippen LogP contribution >= 0.6 is 0 Å². The minimum atomic E-state index is -3.54. The molecule has 2 aromatic rings. The molecule has 4 rings (SSSR count). The van der Waals surface area contributed by atoms with E-state index in [0.717, 1.165) is 59.5 Å². The Balaban J connectivity index is 1.61. The number of fused-ring (bicyclic) bond motifs is 1. The number of hydrogen-bond acceptors (Lipinski definition) is 6. The topological polar surface area (TPSA) is 105 Å². The normalized spacial score (nSPS) is 20.0. The van der Waals surface area contributed by atoms with Crippen LogP contribution in [-0.4, -0.2) is 72.6 Å². The average Bonchev–Trinajstić information content (AvgIpc) is 3.12. The minimum absolute atomic E-state index is 0.0397. The molecule has 0 aliphatic carbocycles. The number of carboxylic acid groups (broad SMARTS) is 1. The van der Waals surface area contributed by atoms with E-state index in [1.807, 2.05) is 23.1 Å². The Morgan fingerprint density at radius 1 is 1.23 bits per heavy atom. The summed E-state index contributed by atoms with van der Waals surface area (Å²) in [6.45, 7) is 3.44. The summed E-state index contributed by atoms with van der Waals surface area (Å²) in [6, 6.07) is 5.91. The zero-order valence-corrected chi connectivity index (χ0v) is 18.6. The lowest BCUT2D eigenvalue weighted by atomic mass is 9.91. The maximum absolute atomic E-state index is 12.4. The van der Waals surface area contributed by atoms with E-state index in [4.69, 9.17) is 5.11 Å². The summed E-state index contributed by atoms with van der Waals surface area (Å²) in [5, 5.41) is 17.8. The van der Waals surface area contributed by atoms with Crippen molar-refractivity contribution in [2.45, 2.75) is 31.6 Å². The Morgan fingerprint density at radius 2 is 1.94 bits per heavy atom. The molecule has 0 amide bonds. The molecule has 9 heteroatoms. The molecule has 3 heterocycles. The standard InChI is InChI=1S/C22H30N4O4S/c1-31(29,30)26-20-14-17(3-2-16-6-10-23-11-7-16)4-5-19(20)22(24-26)18-8-12-25(13-9-18)15-21(27)28/h2-5,14,16,18,23H,6-13,15H2,1H3,(H,27,28)/b3-2-. The predicted octanol–water partition coefficient (Wildman–Crippen LogP) is 2.12. The van der Waals surface area contributed by atoms with E-state index in [0.29, 0.717) is 24.5 Å². The number of nitrogens with one attached hydrogen (secondary N) is 1. The van der Waals surface area contributed by atoms with Gasteiger partial charge in [0.2, 0.25) is 0 Å². The number of likely N-dealkylation sites (tertiary alicyclic amines) is 1. The Morgan fingerprint density at radius 3 is 2.58 bits per heavy atom. The molecule has 0 atom stereocenters. The lowest BCUT2D eigenvalue weighted by Gasteiger charge is -2.30. The van der Waals surface area contributed by atoms with Crippen molar-refractivity contribution in [1.29, 1.82) is 0 Å². The van der Waals surface area contributed by atoms with Gasteiger partial charge in [-0.15, -0.1) is 0 Å². The van der Waals surface area contributed by atoms with Gasteiger partial charge in [-0.3, -0.25) is 9.69 Å². The molecule has 1 aromatic carbocycles. The number of carboxylic acids is 1. The zero-order valence-electron chi connectivity index (χ0n) is 17.8. The Hall–Kier alpha value is -2.23. The molecule has 8 nitrogen and oxygen atoms in total. The monoisotopic (exact) mass is 446 g/mol. The molecule has 168 valence electrons. The molecule has 2 aliphatic rings. The van der Waals surface area contributed by atoms with Gasteiger partial charge in [0.25, 0.3) is 10.0 Å².